The molecule has 78 valence electrons. The van der Waals surface area contributed by atoms with Crippen LogP contribution in [0.2, 0.25) is 19.6 Å². The second kappa shape index (κ2) is 3.80. The molecule has 0 heterocycles. The lowest BCUT2D eigenvalue weighted by atomic mass is 9.88. The lowest BCUT2D eigenvalue weighted by molar-refractivity contribution is -0.150. The number of aliphatic hydroxyl groups is 1. The Morgan fingerprint density at radius 2 is 1.77 bits per heavy atom. The maximum Gasteiger partial charge on any atom is 0.300 e. The van der Waals surface area contributed by atoms with E-state index < -0.39 is 19.8 Å². The largest absolute Gasteiger partial charge is 0.519 e. The van der Waals surface area contributed by atoms with Crippen molar-refractivity contribution in [3.63, 3.8) is 0 Å². The first kappa shape index (κ1) is 12.6. The van der Waals surface area contributed by atoms with E-state index in [1.807, 2.05) is 19.6 Å². The van der Waals surface area contributed by atoms with Crippen LogP contribution in [0, 0.1) is 5.41 Å². The van der Waals surface area contributed by atoms with Crippen molar-refractivity contribution in [2.24, 2.45) is 5.41 Å². The fourth-order valence-electron chi connectivity index (χ4n) is 0.580. The summed E-state index contributed by atoms with van der Waals surface area (Å²) in [5, 5.41) is 9.36. The molecule has 3 nitrogen and oxygen atoms in total. The Kier molecular flexibility index (Phi) is 3.69. The van der Waals surface area contributed by atoms with Crippen LogP contribution < -0.4 is 0 Å². The average molecular weight is 204 g/mol. The summed E-state index contributed by atoms with van der Waals surface area (Å²) in [4.78, 5) is 11.6. The first-order valence-electron chi connectivity index (χ1n) is 4.49. The van der Waals surface area contributed by atoms with E-state index in [2.05, 4.69) is 0 Å². The standard InChI is InChI=1S/C9H20O3Si/c1-7(10)9(2,3)8(11)12-13(4,5)6/h7,10H,1-6H3. The first-order valence-corrected chi connectivity index (χ1v) is 7.89. The molecule has 1 atom stereocenters. The summed E-state index contributed by atoms with van der Waals surface area (Å²) in [5.41, 5.74) is -0.805. The molecule has 0 saturated carbocycles. The third-order valence-corrected chi connectivity index (χ3v) is 2.77. The van der Waals surface area contributed by atoms with E-state index >= 15 is 0 Å². The van der Waals surface area contributed by atoms with Crippen molar-refractivity contribution in [1.29, 1.82) is 0 Å². The van der Waals surface area contributed by atoms with Gasteiger partial charge in [-0.25, -0.2) is 0 Å². The van der Waals surface area contributed by atoms with Crippen LogP contribution in [-0.2, 0) is 9.22 Å². The topological polar surface area (TPSA) is 46.5 Å². The summed E-state index contributed by atoms with van der Waals surface area (Å²) in [6.07, 6.45) is -0.684. The molecular weight excluding hydrogens is 184 g/mol. The molecule has 0 fully saturated rings. The molecule has 0 radical (unpaired) electrons. The Hall–Kier alpha value is -0.353. The number of aliphatic hydroxyl groups excluding tert-OH is 1. The van der Waals surface area contributed by atoms with Gasteiger partial charge in [0.05, 0.1) is 11.5 Å². The van der Waals surface area contributed by atoms with Crippen molar-refractivity contribution in [3.8, 4) is 0 Å². The first-order chi connectivity index (χ1) is 5.57. The summed E-state index contributed by atoms with van der Waals surface area (Å²) in [6, 6.07) is 0. The van der Waals surface area contributed by atoms with Crippen molar-refractivity contribution in [3.05, 3.63) is 0 Å². The van der Waals surface area contributed by atoms with E-state index in [1.165, 1.54) is 0 Å². The summed E-state index contributed by atoms with van der Waals surface area (Å²) < 4.78 is 5.30. The van der Waals surface area contributed by atoms with E-state index in [0.29, 0.717) is 0 Å². The van der Waals surface area contributed by atoms with Crippen molar-refractivity contribution in [2.45, 2.75) is 46.5 Å². The molecule has 0 rings (SSSR count). The predicted octanol–water partition coefficient (Wildman–Crippen LogP) is 1.77. The van der Waals surface area contributed by atoms with Crippen LogP contribution in [0.15, 0.2) is 0 Å². The molecule has 1 unspecified atom stereocenters. The summed E-state index contributed by atoms with van der Waals surface area (Å²) in [5.74, 6) is -0.304. The monoisotopic (exact) mass is 204 g/mol. The zero-order chi connectivity index (χ0) is 10.9. The minimum Gasteiger partial charge on any atom is -0.519 e. The molecule has 0 amide bonds. The van der Waals surface area contributed by atoms with Gasteiger partial charge in [0.15, 0.2) is 0 Å². The SMILES string of the molecule is CC(O)C(C)(C)C(=O)O[Si](C)(C)C. The van der Waals surface area contributed by atoms with E-state index in [1.54, 1.807) is 20.8 Å². The molecule has 4 heteroatoms. The molecule has 0 aliphatic rings. The molecule has 0 aliphatic carbocycles. The average Bonchev–Trinajstić information content (AvgIpc) is 1.82. The van der Waals surface area contributed by atoms with Gasteiger partial charge in [0.25, 0.3) is 0 Å². The molecule has 0 aromatic carbocycles. The van der Waals surface area contributed by atoms with Gasteiger partial charge in [0.1, 0.15) is 0 Å². The minimum atomic E-state index is -1.84. The Labute approximate surface area is 81.2 Å². The molecule has 13 heavy (non-hydrogen) atoms. The van der Waals surface area contributed by atoms with Gasteiger partial charge in [-0.3, -0.25) is 4.79 Å². The number of hydrogen-bond acceptors (Lipinski definition) is 3. The third-order valence-electron chi connectivity index (χ3n) is 1.97. The van der Waals surface area contributed by atoms with Crippen molar-refractivity contribution >= 4 is 14.3 Å². The van der Waals surface area contributed by atoms with E-state index in [4.69, 9.17) is 4.43 Å². The van der Waals surface area contributed by atoms with Gasteiger partial charge in [0, 0.05) is 0 Å². The van der Waals surface area contributed by atoms with Gasteiger partial charge in [-0.05, 0) is 40.4 Å². The van der Waals surface area contributed by atoms with Crippen LogP contribution in [0.4, 0.5) is 0 Å². The highest BCUT2D eigenvalue weighted by molar-refractivity contribution is 6.71. The second-order valence-electron chi connectivity index (χ2n) is 4.90. The molecule has 1 N–H and O–H groups in total. The van der Waals surface area contributed by atoms with Crippen LogP contribution in [0.3, 0.4) is 0 Å². The van der Waals surface area contributed by atoms with E-state index in [-0.39, 0.29) is 5.97 Å². The molecule has 0 aromatic rings. The zero-order valence-electron chi connectivity index (χ0n) is 9.34. The molecular formula is C9H20O3Si. The number of rotatable bonds is 3. The summed E-state index contributed by atoms with van der Waals surface area (Å²) in [7, 11) is -1.84. The fourth-order valence-corrected chi connectivity index (χ4v) is 1.40. The van der Waals surface area contributed by atoms with Crippen LogP contribution in [0.5, 0.6) is 0 Å². The van der Waals surface area contributed by atoms with Gasteiger partial charge in [-0.15, -0.1) is 0 Å². The van der Waals surface area contributed by atoms with Crippen LogP contribution in [-0.4, -0.2) is 25.5 Å². The van der Waals surface area contributed by atoms with Crippen LogP contribution >= 0.6 is 0 Å². The highest BCUT2D eigenvalue weighted by Crippen LogP contribution is 2.24. The lowest BCUT2D eigenvalue weighted by Gasteiger charge is -2.29. The minimum absolute atomic E-state index is 0.304. The highest BCUT2D eigenvalue weighted by atomic mass is 28.4. The zero-order valence-corrected chi connectivity index (χ0v) is 10.3. The van der Waals surface area contributed by atoms with Gasteiger partial charge in [-0.2, -0.15) is 0 Å². The van der Waals surface area contributed by atoms with Crippen molar-refractivity contribution < 1.29 is 14.3 Å². The molecule has 0 saturated heterocycles. The Balaban J connectivity index is 4.44. The second-order valence-corrected chi connectivity index (χ2v) is 9.33. The predicted molar refractivity (Wildman–Crippen MR) is 54.9 cm³/mol. The van der Waals surface area contributed by atoms with Crippen molar-refractivity contribution in [2.75, 3.05) is 0 Å². The highest BCUT2D eigenvalue weighted by Gasteiger charge is 2.37. The van der Waals surface area contributed by atoms with Gasteiger partial charge in [0.2, 0.25) is 8.32 Å². The third kappa shape index (κ3) is 3.91. The lowest BCUT2D eigenvalue weighted by Crippen LogP contribution is -2.42. The maximum atomic E-state index is 11.6. The summed E-state index contributed by atoms with van der Waals surface area (Å²) in [6.45, 7) is 10.8. The normalized spacial score (nSPS) is 15.3. The number of carbonyl (C=O) groups excluding carboxylic acids is 1. The van der Waals surface area contributed by atoms with Gasteiger partial charge < -0.3 is 9.53 Å². The maximum absolute atomic E-state index is 11.6. The molecule has 0 aromatic heterocycles. The quantitative estimate of drug-likeness (QED) is 0.713. The Morgan fingerprint density at radius 1 is 1.38 bits per heavy atom. The van der Waals surface area contributed by atoms with Crippen molar-refractivity contribution in [1.82, 2.24) is 0 Å². The fraction of sp³-hybridized carbons (Fsp3) is 0.889. The molecule has 0 spiro atoms. The number of carbonyl (C=O) groups is 1. The molecule has 0 bridgehead atoms. The Bertz CT molecular complexity index is 192. The number of hydrogen-bond donors (Lipinski definition) is 1. The summed E-state index contributed by atoms with van der Waals surface area (Å²) >= 11 is 0. The van der Waals surface area contributed by atoms with Gasteiger partial charge in [-0.1, -0.05) is 0 Å². The van der Waals surface area contributed by atoms with E-state index in [0.717, 1.165) is 0 Å². The van der Waals surface area contributed by atoms with Crippen LogP contribution in [0.1, 0.15) is 20.8 Å². The smallest absolute Gasteiger partial charge is 0.300 e. The van der Waals surface area contributed by atoms with Gasteiger partial charge >= 0.3 is 5.97 Å². The Morgan fingerprint density at radius 3 is 2.00 bits per heavy atom. The van der Waals surface area contributed by atoms with Crippen LogP contribution in [0.25, 0.3) is 0 Å². The van der Waals surface area contributed by atoms with E-state index in [9.17, 15) is 9.90 Å². The molecule has 0 aliphatic heterocycles.